The lowest BCUT2D eigenvalue weighted by molar-refractivity contribution is 0.343. The molecule has 3 rings (SSSR count). The summed E-state index contributed by atoms with van der Waals surface area (Å²) in [7, 11) is 0. The molecule has 0 aliphatic rings. The van der Waals surface area contributed by atoms with Gasteiger partial charge in [0.15, 0.2) is 5.82 Å². The zero-order valence-electron chi connectivity index (χ0n) is 12.0. The van der Waals surface area contributed by atoms with Crippen LogP contribution in [0.4, 0.5) is 8.78 Å². The fourth-order valence-corrected chi connectivity index (χ4v) is 2.52. The third kappa shape index (κ3) is 4.07. The number of halogens is 2. The summed E-state index contributed by atoms with van der Waals surface area (Å²) in [6.45, 7) is 0.430. The maximum absolute atomic E-state index is 13.7. The average Bonchev–Trinajstić information content (AvgIpc) is 3.02. The lowest BCUT2D eigenvalue weighted by Gasteiger charge is -2.04. The molecule has 0 aliphatic heterocycles. The lowest BCUT2D eigenvalue weighted by atomic mass is 10.2. The van der Waals surface area contributed by atoms with Crippen molar-refractivity contribution in [1.29, 1.82) is 0 Å². The van der Waals surface area contributed by atoms with Crippen LogP contribution in [0.1, 0.15) is 0 Å². The van der Waals surface area contributed by atoms with Crippen molar-refractivity contribution in [3.05, 3.63) is 60.2 Å². The highest BCUT2D eigenvalue weighted by atomic mass is 32.2. The summed E-state index contributed by atoms with van der Waals surface area (Å²) >= 11 is 1.39. The summed E-state index contributed by atoms with van der Waals surface area (Å²) in [5.41, 5.74) is 0.384. The summed E-state index contributed by atoms with van der Waals surface area (Å²) < 4.78 is 31.9. The van der Waals surface area contributed by atoms with E-state index in [1.807, 2.05) is 0 Å². The van der Waals surface area contributed by atoms with Gasteiger partial charge in [-0.15, -0.1) is 5.10 Å². The van der Waals surface area contributed by atoms with Crippen molar-refractivity contribution in [1.82, 2.24) is 15.2 Å². The number of hydrogen-bond acceptors (Lipinski definition) is 4. The number of H-pyrrole nitrogens is 1. The van der Waals surface area contributed by atoms with Gasteiger partial charge >= 0.3 is 0 Å². The summed E-state index contributed by atoms with van der Waals surface area (Å²) in [4.78, 5) is 4.25. The molecule has 0 bridgehead atoms. The monoisotopic (exact) mass is 333 g/mol. The summed E-state index contributed by atoms with van der Waals surface area (Å²) in [5, 5.41) is 7.29. The van der Waals surface area contributed by atoms with Gasteiger partial charge in [-0.2, -0.15) is 0 Å². The predicted molar refractivity (Wildman–Crippen MR) is 84.4 cm³/mol. The van der Waals surface area contributed by atoms with Crippen LogP contribution in [0.2, 0.25) is 0 Å². The minimum atomic E-state index is -0.347. The van der Waals surface area contributed by atoms with Crippen LogP contribution in [0.25, 0.3) is 11.4 Å². The Balaban J connectivity index is 1.52. The van der Waals surface area contributed by atoms with Gasteiger partial charge < -0.3 is 4.74 Å². The molecule has 118 valence electrons. The molecule has 0 saturated heterocycles. The second-order valence-corrected chi connectivity index (χ2v) is 5.66. The van der Waals surface area contributed by atoms with Gasteiger partial charge in [0.1, 0.15) is 17.4 Å². The SMILES string of the molecule is Fc1ccc(OCCSc2n[nH]c(-c3ccccc3F)n2)cc1. The normalized spacial score (nSPS) is 10.7. The van der Waals surface area contributed by atoms with Crippen molar-refractivity contribution in [2.45, 2.75) is 5.16 Å². The van der Waals surface area contributed by atoms with Crippen LogP contribution in [0.5, 0.6) is 5.75 Å². The Hall–Kier alpha value is -2.41. The van der Waals surface area contributed by atoms with E-state index >= 15 is 0 Å². The molecule has 3 aromatic rings. The van der Waals surface area contributed by atoms with Gasteiger partial charge in [0.25, 0.3) is 0 Å². The number of nitrogens with zero attached hydrogens (tertiary/aromatic N) is 2. The van der Waals surface area contributed by atoms with Gasteiger partial charge in [-0.3, -0.25) is 5.10 Å². The molecule has 0 amide bonds. The number of thioether (sulfide) groups is 1. The lowest BCUT2D eigenvalue weighted by Crippen LogP contribution is -2.00. The number of hydrogen-bond donors (Lipinski definition) is 1. The van der Waals surface area contributed by atoms with Crippen LogP contribution < -0.4 is 4.74 Å². The molecule has 7 heteroatoms. The molecule has 0 atom stereocenters. The summed E-state index contributed by atoms with van der Waals surface area (Å²) in [6.07, 6.45) is 0. The Morgan fingerprint density at radius 2 is 1.83 bits per heavy atom. The van der Waals surface area contributed by atoms with E-state index in [-0.39, 0.29) is 11.6 Å². The van der Waals surface area contributed by atoms with E-state index < -0.39 is 0 Å². The molecular weight excluding hydrogens is 320 g/mol. The summed E-state index contributed by atoms with van der Waals surface area (Å²) in [5.74, 6) is 0.971. The number of ether oxygens (including phenoxy) is 1. The standard InChI is InChI=1S/C16H13F2N3OS/c17-11-5-7-12(8-6-11)22-9-10-23-16-19-15(20-21-16)13-3-1-2-4-14(13)18/h1-8H,9-10H2,(H,19,20,21). The minimum Gasteiger partial charge on any atom is -0.493 e. The second kappa shape index (κ2) is 7.23. The molecule has 1 aromatic heterocycles. The van der Waals surface area contributed by atoms with Crippen molar-refractivity contribution >= 4 is 11.8 Å². The van der Waals surface area contributed by atoms with E-state index in [4.69, 9.17) is 4.74 Å². The van der Waals surface area contributed by atoms with Gasteiger partial charge in [-0.05, 0) is 36.4 Å². The number of aromatic amines is 1. The van der Waals surface area contributed by atoms with Gasteiger partial charge in [0.2, 0.25) is 5.16 Å². The average molecular weight is 333 g/mol. The molecule has 0 saturated carbocycles. The maximum Gasteiger partial charge on any atom is 0.208 e. The first-order valence-corrected chi connectivity index (χ1v) is 7.89. The molecule has 0 unspecified atom stereocenters. The fourth-order valence-electron chi connectivity index (χ4n) is 1.91. The van der Waals surface area contributed by atoms with Gasteiger partial charge in [0.05, 0.1) is 12.2 Å². The first kappa shape index (κ1) is 15.5. The van der Waals surface area contributed by atoms with E-state index in [1.165, 1.54) is 30.0 Å². The molecule has 1 N–H and O–H groups in total. The van der Waals surface area contributed by atoms with E-state index in [0.29, 0.717) is 34.7 Å². The topological polar surface area (TPSA) is 50.8 Å². The first-order chi connectivity index (χ1) is 11.2. The van der Waals surface area contributed by atoms with Crippen LogP contribution in [0.15, 0.2) is 53.7 Å². The minimum absolute atomic E-state index is 0.298. The van der Waals surface area contributed by atoms with Crippen molar-refractivity contribution in [3.8, 4) is 17.1 Å². The summed E-state index contributed by atoms with van der Waals surface area (Å²) in [6, 6.07) is 12.2. The van der Waals surface area contributed by atoms with Crippen LogP contribution in [0.3, 0.4) is 0 Å². The molecule has 4 nitrogen and oxygen atoms in total. The number of rotatable bonds is 6. The Morgan fingerprint density at radius 1 is 1.04 bits per heavy atom. The van der Waals surface area contributed by atoms with Gasteiger partial charge in [-0.1, -0.05) is 23.9 Å². The van der Waals surface area contributed by atoms with E-state index in [2.05, 4.69) is 15.2 Å². The van der Waals surface area contributed by atoms with Crippen LogP contribution in [-0.4, -0.2) is 27.5 Å². The zero-order chi connectivity index (χ0) is 16.1. The number of benzene rings is 2. The highest BCUT2D eigenvalue weighted by Crippen LogP contribution is 2.21. The smallest absolute Gasteiger partial charge is 0.208 e. The van der Waals surface area contributed by atoms with Gasteiger partial charge in [0, 0.05) is 5.75 Å². The second-order valence-electron chi connectivity index (χ2n) is 4.60. The highest BCUT2D eigenvalue weighted by Gasteiger charge is 2.09. The Morgan fingerprint density at radius 3 is 2.61 bits per heavy atom. The van der Waals surface area contributed by atoms with Crippen molar-refractivity contribution in [3.63, 3.8) is 0 Å². The van der Waals surface area contributed by atoms with Crippen molar-refractivity contribution < 1.29 is 13.5 Å². The molecule has 0 spiro atoms. The molecule has 0 radical (unpaired) electrons. The van der Waals surface area contributed by atoms with Crippen LogP contribution >= 0.6 is 11.8 Å². The van der Waals surface area contributed by atoms with E-state index in [0.717, 1.165) is 0 Å². The Bertz CT molecular complexity index is 777. The molecule has 0 fully saturated rings. The molecule has 2 aromatic carbocycles. The van der Waals surface area contributed by atoms with E-state index in [1.54, 1.807) is 30.3 Å². The quantitative estimate of drug-likeness (QED) is 0.549. The predicted octanol–water partition coefficient (Wildman–Crippen LogP) is 3.92. The van der Waals surface area contributed by atoms with Crippen LogP contribution in [0, 0.1) is 11.6 Å². The molecule has 23 heavy (non-hydrogen) atoms. The third-order valence-corrected chi connectivity index (χ3v) is 3.80. The number of aromatic nitrogens is 3. The third-order valence-electron chi connectivity index (χ3n) is 2.99. The van der Waals surface area contributed by atoms with E-state index in [9.17, 15) is 8.78 Å². The Kier molecular flexibility index (Phi) is 4.87. The molecular formula is C16H13F2N3OS. The maximum atomic E-state index is 13.7. The largest absolute Gasteiger partial charge is 0.493 e. The molecule has 0 aliphatic carbocycles. The fraction of sp³-hybridized carbons (Fsp3) is 0.125. The highest BCUT2D eigenvalue weighted by molar-refractivity contribution is 7.99. The number of nitrogens with one attached hydrogen (secondary N) is 1. The first-order valence-electron chi connectivity index (χ1n) is 6.91. The van der Waals surface area contributed by atoms with Crippen molar-refractivity contribution in [2.75, 3.05) is 12.4 Å². The van der Waals surface area contributed by atoms with Crippen molar-refractivity contribution in [2.24, 2.45) is 0 Å². The van der Waals surface area contributed by atoms with Gasteiger partial charge in [-0.25, -0.2) is 13.8 Å². The zero-order valence-corrected chi connectivity index (χ0v) is 12.8. The molecule has 1 heterocycles. The van der Waals surface area contributed by atoms with Crippen LogP contribution in [-0.2, 0) is 0 Å². The Labute approximate surface area is 135 Å².